The van der Waals surface area contributed by atoms with E-state index >= 15 is 0 Å². The molecular weight excluding hydrogens is 214 g/mol. The summed E-state index contributed by atoms with van der Waals surface area (Å²) in [4.78, 5) is 0. The molecule has 17 heavy (non-hydrogen) atoms. The van der Waals surface area contributed by atoms with Crippen LogP contribution < -0.4 is 5.73 Å². The highest BCUT2D eigenvalue weighted by atomic mass is 16.5. The SMILES string of the molecule is COCCC(C)C(N)c1coc2ccccc12. The van der Waals surface area contributed by atoms with E-state index in [4.69, 9.17) is 14.9 Å². The number of ether oxygens (including phenoxy) is 1. The second kappa shape index (κ2) is 5.34. The van der Waals surface area contributed by atoms with E-state index in [-0.39, 0.29) is 6.04 Å². The van der Waals surface area contributed by atoms with E-state index < -0.39 is 0 Å². The van der Waals surface area contributed by atoms with Crippen molar-refractivity contribution in [2.75, 3.05) is 13.7 Å². The lowest BCUT2D eigenvalue weighted by Crippen LogP contribution is -2.20. The molecule has 1 heterocycles. The summed E-state index contributed by atoms with van der Waals surface area (Å²) < 4.78 is 10.6. The molecule has 0 radical (unpaired) electrons. The minimum absolute atomic E-state index is 0.00574. The third-order valence-electron chi connectivity index (χ3n) is 3.26. The number of hydrogen-bond donors (Lipinski definition) is 1. The molecule has 2 atom stereocenters. The average molecular weight is 233 g/mol. The molecule has 0 fully saturated rings. The van der Waals surface area contributed by atoms with E-state index in [1.54, 1.807) is 13.4 Å². The summed E-state index contributed by atoms with van der Waals surface area (Å²) in [6.45, 7) is 2.89. The molecule has 0 aliphatic carbocycles. The minimum Gasteiger partial charge on any atom is -0.464 e. The number of para-hydroxylation sites is 1. The predicted molar refractivity (Wildman–Crippen MR) is 68.8 cm³/mol. The van der Waals surface area contributed by atoms with Crippen LogP contribution in [0.5, 0.6) is 0 Å². The van der Waals surface area contributed by atoms with Gasteiger partial charge in [-0.15, -0.1) is 0 Å². The van der Waals surface area contributed by atoms with Gasteiger partial charge >= 0.3 is 0 Å². The van der Waals surface area contributed by atoms with Crippen LogP contribution in [0.1, 0.15) is 24.9 Å². The first-order chi connectivity index (χ1) is 8.24. The van der Waals surface area contributed by atoms with E-state index in [0.29, 0.717) is 5.92 Å². The molecule has 0 saturated heterocycles. The lowest BCUT2D eigenvalue weighted by atomic mass is 9.93. The standard InChI is InChI=1S/C14H19NO2/c1-10(7-8-16-2)14(15)12-9-17-13-6-4-3-5-11(12)13/h3-6,9-10,14H,7-8,15H2,1-2H3. The van der Waals surface area contributed by atoms with Crippen LogP contribution in [0.15, 0.2) is 34.9 Å². The molecule has 2 rings (SSSR count). The van der Waals surface area contributed by atoms with Crippen molar-refractivity contribution in [3.05, 3.63) is 36.1 Å². The Hall–Kier alpha value is -1.32. The highest BCUT2D eigenvalue weighted by Crippen LogP contribution is 2.30. The Balaban J connectivity index is 2.21. The fourth-order valence-electron chi connectivity index (χ4n) is 2.05. The third kappa shape index (κ3) is 2.51. The normalized spacial score (nSPS) is 15.0. The second-order valence-corrected chi connectivity index (χ2v) is 4.47. The summed E-state index contributed by atoms with van der Waals surface area (Å²) in [7, 11) is 1.71. The first-order valence-corrected chi connectivity index (χ1v) is 5.94. The Morgan fingerprint density at radius 3 is 2.88 bits per heavy atom. The van der Waals surface area contributed by atoms with Gasteiger partial charge in [0, 0.05) is 30.7 Å². The van der Waals surface area contributed by atoms with Gasteiger partial charge in [0.1, 0.15) is 5.58 Å². The molecule has 0 aliphatic rings. The number of fused-ring (bicyclic) bond motifs is 1. The van der Waals surface area contributed by atoms with Crippen molar-refractivity contribution in [2.24, 2.45) is 11.7 Å². The number of furan rings is 1. The summed E-state index contributed by atoms with van der Waals surface area (Å²) in [6.07, 6.45) is 2.73. The van der Waals surface area contributed by atoms with Crippen molar-refractivity contribution in [1.29, 1.82) is 0 Å². The van der Waals surface area contributed by atoms with Crippen LogP contribution in [0.4, 0.5) is 0 Å². The molecule has 3 nitrogen and oxygen atoms in total. The van der Waals surface area contributed by atoms with Gasteiger partial charge in [0.05, 0.1) is 6.26 Å². The number of hydrogen-bond acceptors (Lipinski definition) is 3. The molecule has 0 saturated carbocycles. The lowest BCUT2D eigenvalue weighted by Gasteiger charge is -2.18. The average Bonchev–Trinajstić information content (AvgIpc) is 2.78. The van der Waals surface area contributed by atoms with E-state index in [2.05, 4.69) is 13.0 Å². The molecule has 2 N–H and O–H groups in total. The molecule has 0 amide bonds. The Morgan fingerprint density at radius 1 is 1.35 bits per heavy atom. The van der Waals surface area contributed by atoms with E-state index in [9.17, 15) is 0 Å². The monoisotopic (exact) mass is 233 g/mol. The van der Waals surface area contributed by atoms with E-state index in [1.165, 1.54) is 0 Å². The Labute approximate surface area is 102 Å². The minimum atomic E-state index is -0.00574. The first-order valence-electron chi connectivity index (χ1n) is 5.94. The maximum Gasteiger partial charge on any atom is 0.134 e. The van der Waals surface area contributed by atoms with Gasteiger partial charge in [0.15, 0.2) is 0 Å². The van der Waals surface area contributed by atoms with Crippen LogP contribution in [-0.2, 0) is 4.74 Å². The molecule has 0 bridgehead atoms. The number of nitrogens with two attached hydrogens (primary N) is 1. The molecular formula is C14H19NO2. The molecule has 3 heteroatoms. The zero-order chi connectivity index (χ0) is 12.3. The number of benzene rings is 1. The summed E-state index contributed by atoms with van der Waals surface area (Å²) in [5.41, 5.74) is 8.26. The molecule has 92 valence electrons. The molecule has 0 aliphatic heterocycles. The van der Waals surface area contributed by atoms with Crippen LogP contribution in [0.3, 0.4) is 0 Å². The highest BCUT2D eigenvalue weighted by molar-refractivity contribution is 5.81. The molecule has 2 aromatic rings. The largest absolute Gasteiger partial charge is 0.464 e. The maximum absolute atomic E-state index is 6.27. The van der Waals surface area contributed by atoms with Gasteiger partial charge < -0.3 is 14.9 Å². The van der Waals surface area contributed by atoms with E-state index in [0.717, 1.165) is 29.6 Å². The van der Waals surface area contributed by atoms with Crippen molar-refractivity contribution in [1.82, 2.24) is 0 Å². The fraction of sp³-hybridized carbons (Fsp3) is 0.429. The smallest absolute Gasteiger partial charge is 0.134 e. The zero-order valence-electron chi connectivity index (χ0n) is 10.3. The second-order valence-electron chi connectivity index (χ2n) is 4.47. The van der Waals surface area contributed by atoms with Crippen LogP contribution in [0, 0.1) is 5.92 Å². The predicted octanol–water partition coefficient (Wildman–Crippen LogP) is 3.11. The highest BCUT2D eigenvalue weighted by Gasteiger charge is 2.18. The first kappa shape index (κ1) is 12.1. The van der Waals surface area contributed by atoms with Crippen molar-refractivity contribution in [3.8, 4) is 0 Å². The van der Waals surface area contributed by atoms with Crippen molar-refractivity contribution in [3.63, 3.8) is 0 Å². The summed E-state index contributed by atoms with van der Waals surface area (Å²) >= 11 is 0. The van der Waals surface area contributed by atoms with Gasteiger partial charge in [-0.25, -0.2) is 0 Å². The molecule has 2 unspecified atom stereocenters. The summed E-state index contributed by atoms with van der Waals surface area (Å²) in [6, 6.07) is 7.99. The fourth-order valence-corrected chi connectivity index (χ4v) is 2.05. The van der Waals surface area contributed by atoms with Crippen molar-refractivity contribution >= 4 is 11.0 Å². The van der Waals surface area contributed by atoms with Gasteiger partial charge in [0.2, 0.25) is 0 Å². The van der Waals surface area contributed by atoms with Crippen molar-refractivity contribution in [2.45, 2.75) is 19.4 Å². The maximum atomic E-state index is 6.27. The lowest BCUT2D eigenvalue weighted by molar-refractivity contribution is 0.174. The van der Waals surface area contributed by atoms with E-state index in [1.807, 2.05) is 18.2 Å². The quantitative estimate of drug-likeness (QED) is 0.863. The van der Waals surface area contributed by atoms with Crippen LogP contribution in [0.2, 0.25) is 0 Å². The van der Waals surface area contributed by atoms with Crippen molar-refractivity contribution < 1.29 is 9.15 Å². The summed E-state index contributed by atoms with van der Waals surface area (Å²) in [5.74, 6) is 0.371. The third-order valence-corrected chi connectivity index (χ3v) is 3.26. The Bertz CT molecular complexity index is 478. The molecule has 0 spiro atoms. The van der Waals surface area contributed by atoms with Gasteiger partial charge in [-0.3, -0.25) is 0 Å². The van der Waals surface area contributed by atoms with Crippen LogP contribution >= 0.6 is 0 Å². The zero-order valence-corrected chi connectivity index (χ0v) is 10.3. The van der Waals surface area contributed by atoms with Gasteiger partial charge in [0.25, 0.3) is 0 Å². The molecule has 1 aromatic heterocycles. The van der Waals surface area contributed by atoms with Gasteiger partial charge in [-0.05, 0) is 18.4 Å². The topological polar surface area (TPSA) is 48.4 Å². The van der Waals surface area contributed by atoms with Crippen LogP contribution in [-0.4, -0.2) is 13.7 Å². The number of methoxy groups -OCH3 is 1. The van der Waals surface area contributed by atoms with Crippen LogP contribution in [0.25, 0.3) is 11.0 Å². The number of rotatable bonds is 5. The van der Waals surface area contributed by atoms with Gasteiger partial charge in [-0.1, -0.05) is 25.1 Å². The summed E-state index contributed by atoms with van der Waals surface area (Å²) in [5, 5.41) is 1.12. The Morgan fingerprint density at radius 2 is 2.12 bits per heavy atom. The molecule has 1 aromatic carbocycles. The Kier molecular flexibility index (Phi) is 3.82. The van der Waals surface area contributed by atoms with Gasteiger partial charge in [-0.2, -0.15) is 0 Å².